The Bertz CT molecular complexity index is 1330. The Morgan fingerprint density at radius 1 is 1.21 bits per heavy atom. The second-order valence-corrected chi connectivity index (χ2v) is 10.4. The van der Waals surface area contributed by atoms with E-state index in [-0.39, 0.29) is 5.91 Å². The molecule has 174 valence electrons. The fraction of sp³-hybridized carbons (Fsp3) is 0.250. The lowest BCUT2D eigenvalue weighted by atomic mass is 10.1. The maximum absolute atomic E-state index is 13.1. The van der Waals surface area contributed by atoms with Crippen LogP contribution in [0.1, 0.15) is 39.9 Å². The molecule has 1 aromatic carbocycles. The van der Waals surface area contributed by atoms with E-state index in [1.807, 2.05) is 47.0 Å². The number of nitrogens with zero attached hydrogens (tertiary/aromatic N) is 3. The molecule has 2 amide bonds. The first-order valence-corrected chi connectivity index (χ1v) is 12.6. The van der Waals surface area contributed by atoms with Crippen LogP contribution in [0.4, 0.5) is 5.00 Å². The average Bonchev–Trinajstić information content (AvgIpc) is 3.60. The first-order valence-electron chi connectivity index (χ1n) is 10.9. The molecule has 1 aliphatic carbocycles. The number of benzene rings is 1. The van der Waals surface area contributed by atoms with E-state index >= 15 is 0 Å². The summed E-state index contributed by atoms with van der Waals surface area (Å²) in [7, 11) is 0. The highest BCUT2D eigenvalue weighted by atomic mass is 32.2. The van der Waals surface area contributed by atoms with Crippen LogP contribution in [-0.2, 0) is 24.2 Å². The van der Waals surface area contributed by atoms with Crippen molar-refractivity contribution < 1.29 is 14.0 Å². The van der Waals surface area contributed by atoms with E-state index in [4.69, 9.17) is 10.2 Å². The zero-order chi connectivity index (χ0) is 23.7. The van der Waals surface area contributed by atoms with E-state index in [9.17, 15) is 9.59 Å². The molecule has 0 fully saturated rings. The number of aromatic nitrogens is 3. The van der Waals surface area contributed by atoms with Gasteiger partial charge in [0, 0.05) is 10.4 Å². The van der Waals surface area contributed by atoms with Gasteiger partial charge in [-0.05, 0) is 43.9 Å². The highest BCUT2D eigenvalue weighted by Crippen LogP contribution is 2.39. The number of hydrogen-bond acceptors (Lipinski definition) is 7. The van der Waals surface area contributed by atoms with Crippen molar-refractivity contribution in [3.63, 3.8) is 0 Å². The van der Waals surface area contributed by atoms with Gasteiger partial charge in [0.1, 0.15) is 10.8 Å². The quantitative estimate of drug-likeness (QED) is 0.353. The maximum Gasteiger partial charge on any atom is 0.251 e. The molecular weight excluding hydrogens is 470 g/mol. The zero-order valence-electron chi connectivity index (χ0n) is 18.5. The first kappa shape index (κ1) is 22.4. The number of nitrogens with one attached hydrogen (secondary N) is 1. The van der Waals surface area contributed by atoms with Gasteiger partial charge < -0.3 is 15.5 Å². The van der Waals surface area contributed by atoms with Crippen molar-refractivity contribution in [2.45, 2.75) is 43.1 Å². The number of carbonyl (C=O) groups is 2. The largest absolute Gasteiger partial charge is 0.467 e. The second-order valence-electron chi connectivity index (χ2n) is 8.01. The molecule has 0 unspecified atom stereocenters. The molecule has 0 saturated carbocycles. The van der Waals surface area contributed by atoms with Crippen LogP contribution in [0.3, 0.4) is 0 Å². The SMILES string of the molecule is C[C@@H](Sc1nnc(-c2ccccc2)n1Cc1ccco1)C(=O)Nc1sc2c(c1C(N)=O)CCC2. The normalized spacial score (nSPS) is 13.6. The monoisotopic (exact) mass is 493 g/mol. The number of rotatable bonds is 8. The molecule has 4 aromatic rings. The summed E-state index contributed by atoms with van der Waals surface area (Å²) in [5.41, 5.74) is 7.99. The van der Waals surface area contributed by atoms with Crippen molar-refractivity contribution in [3.05, 3.63) is 70.5 Å². The molecule has 0 saturated heterocycles. The first-order chi connectivity index (χ1) is 16.5. The minimum absolute atomic E-state index is 0.221. The van der Waals surface area contributed by atoms with Gasteiger partial charge in [-0.15, -0.1) is 21.5 Å². The fourth-order valence-corrected chi connectivity index (χ4v) is 6.20. The van der Waals surface area contributed by atoms with Gasteiger partial charge in [-0.3, -0.25) is 14.2 Å². The highest BCUT2D eigenvalue weighted by Gasteiger charge is 2.28. The Morgan fingerprint density at radius 3 is 2.76 bits per heavy atom. The van der Waals surface area contributed by atoms with Crippen LogP contribution < -0.4 is 11.1 Å². The van der Waals surface area contributed by atoms with Crippen molar-refractivity contribution in [2.24, 2.45) is 5.73 Å². The van der Waals surface area contributed by atoms with Crippen molar-refractivity contribution in [2.75, 3.05) is 5.32 Å². The summed E-state index contributed by atoms with van der Waals surface area (Å²) >= 11 is 2.75. The summed E-state index contributed by atoms with van der Waals surface area (Å²) in [5.74, 6) is 0.731. The molecule has 1 aliphatic rings. The molecule has 1 atom stereocenters. The molecule has 0 spiro atoms. The van der Waals surface area contributed by atoms with Crippen molar-refractivity contribution in [3.8, 4) is 11.4 Å². The van der Waals surface area contributed by atoms with Crippen LogP contribution in [0, 0.1) is 0 Å². The van der Waals surface area contributed by atoms with E-state index in [2.05, 4.69) is 15.5 Å². The molecule has 5 rings (SSSR count). The molecule has 34 heavy (non-hydrogen) atoms. The molecule has 8 nitrogen and oxygen atoms in total. The summed E-state index contributed by atoms with van der Waals surface area (Å²) in [6, 6.07) is 13.5. The molecular formula is C24H23N5O3S2. The van der Waals surface area contributed by atoms with Gasteiger partial charge in [0.2, 0.25) is 5.91 Å². The number of hydrogen-bond donors (Lipinski definition) is 2. The van der Waals surface area contributed by atoms with Gasteiger partial charge >= 0.3 is 0 Å². The lowest BCUT2D eigenvalue weighted by Crippen LogP contribution is -2.24. The predicted octanol–water partition coefficient (Wildman–Crippen LogP) is 4.35. The van der Waals surface area contributed by atoms with E-state index < -0.39 is 11.2 Å². The van der Waals surface area contributed by atoms with Crippen LogP contribution in [0.5, 0.6) is 0 Å². The van der Waals surface area contributed by atoms with Gasteiger partial charge in [0.25, 0.3) is 5.91 Å². The minimum Gasteiger partial charge on any atom is -0.467 e. The van der Waals surface area contributed by atoms with Crippen LogP contribution in [0.25, 0.3) is 11.4 Å². The smallest absolute Gasteiger partial charge is 0.251 e. The van der Waals surface area contributed by atoms with Crippen molar-refractivity contribution in [1.82, 2.24) is 14.8 Å². The summed E-state index contributed by atoms with van der Waals surface area (Å²) < 4.78 is 7.48. The maximum atomic E-state index is 13.1. The lowest BCUT2D eigenvalue weighted by Gasteiger charge is -2.13. The Morgan fingerprint density at radius 2 is 2.03 bits per heavy atom. The highest BCUT2D eigenvalue weighted by molar-refractivity contribution is 8.00. The topological polar surface area (TPSA) is 116 Å². The summed E-state index contributed by atoms with van der Waals surface area (Å²) in [6.45, 7) is 2.24. The van der Waals surface area contributed by atoms with Crippen molar-refractivity contribution in [1.29, 1.82) is 0 Å². The molecule has 0 bridgehead atoms. The molecule has 0 radical (unpaired) electrons. The Kier molecular flexibility index (Phi) is 6.25. The number of anilines is 1. The van der Waals surface area contributed by atoms with Crippen molar-refractivity contribution >= 4 is 39.9 Å². The van der Waals surface area contributed by atoms with Gasteiger partial charge in [0.05, 0.1) is 23.6 Å². The van der Waals surface area contributed by atoms with Crippen LogP contribution in [-0.4, -0.2) is 31.8 Å². The molecule has 3 N–H and O–H groups in total. The minimum atomic E-state index is -0.499. The predicted molar refractivity (Wildman–Crippen MR) is 132 cm³/mol. The second kappa shape index (κ2) is 9.47. The van der Waals surface area contributed by atoms with E-state index in [0.29, 0.717) is 28.1 Å². The number of primary amides is 1. The third-order valence-corrected chi connectivity index (χ3v) is 7.99. The van der Waals surface area contributed by atoms with Gasteiger partial charge in [-0.1, -0.05) is 42.1 Å². The third kappa shape index (κ3) is 4.38. The van der Waals surface area contributed by atoms with Gasteiger partial charge in [0.15, 0.2) is 11.0 Å². The summed E-state index contributed by atoms with van der Waals surface area (Å²) in [6.07, 6.45) is 4.37. The number of thiophene rings is 1. The number of carbonyl (C=O) groups excluding carboxylic acids is 2. The van der Waals surface area contributed by atoms with E-state index in [1.54, 1.807) is 13.2 Å². The van der Waals surface area contributed by atoms with Gasteiger partial charge in [-0.25, -0.2) is 0 Å². The fourth-order valence-electron chi connectivity index (χ4n) is 4.06. The van der Waals surface area contributed by atoms with E-state index in [0.717, 1.165) is 41.0 Å². The molecule has 3 heterocycles. The number of fused-ring (bicyclic) bond motifs is 1. The standard InChI is InChI=1S/C24H23N5O3S2/c1-14(22(31)26-23-19(20(25)30)17-10-5-11-18(17)34-23)33-24-28-27-21(15-7-3-2-4-8-15)29(24)13-16-9-6-12-32-16/h2-4,6-9,12,14H,5,10-11,13H2,1H3,(H2,25,30)(H,26,31)/t14-/m1/s1. The van der Waals surface area contributed by atoms with Gasteiger partial charge in [-0.2, -0.15) is 0 Å². The zero-order valence-corrected chi connectivity index (χ0v) is 20.1. The Hall–Kier alpha value is -3.37. The Balaban J connectivity index is 1.38. The molecule has 10 heteroatoms. The number of amides is 2. The summed E-state index contributed by atoms with van der Waals surface area (Å²) in [4.78, 5) is 26.3. The molecule has 0 aliphatic heterocycles. The number of nitrogens with two attached hydrogens (primary N) is 1. The number of aryl methyl sites for hydroxylation is 1. The third-order valence-electron chi connectivity index (χ3n) is 5.70. The van der Waals surface area contributed by atoms with E-state index in [1.165, 1.54) is 23.1 Å². The number of furan rings is 1. The lowest BCUT2D eigenvalue weighted by molar-refractivity contribution is -0.115. The van der Waals surface area contributed by atoms with Crippen LogP contribution in [0.2, 0.25) is 0 Å². The molecule has 3 aromatic heterocycles. The Labute approximate surface area is 204 Å². The van der Waals surface area contributed by atoms with Crippen LogP contribution in [0.15, 0.2) is 58.3 Å². The average molecular weight is 494 g/mol. The summed E-state index contributed by atoms with van der Waals surface area (Å²) in [5, 5.41) is 12.3. The van der Waals surface area contributed by atoms with Crippen LogP contribution >= 0.6 is 23.1 Å². The number of thioether (sulfide) groups is 1.